The van der Waals surface area contributed by atoms with Crippen molar-refractivity contribution in [3.63, 3.8) is 0 Å². The van der Waals surface area contributed by atoms with Crippen LogP contribution in [0.4, 0.5) is 0 Å². The lowest BCUT2D eigenvalue weighted by Gasteiger charge is -2.21. The van der Waals surface area contributed by atoms with E-state index in [1.54, 1.807) is 0 Å². The zero-order chi connectivity index (χ0) is 21.3. The van der Waals surface area contributed by atoms with Crippen LogP contribution >= 0.6 is 0 Å². The second-order valence-corrected chi connectivity index (χ2v) is 5.94. The van der Waals surface area contributed by atoms with Gasteiger partial charge >= 0.3 is 11.9 Å². The third-order valence-electron chi connectivity index (χ3n) is 4.24. The lowest BCUT2D eigenvalue weighted by atomic mass is 9.99. The Morgan fingerprint density at radius 3 is 2.04 bits per heavy atom. The average molecular weight is 397 g/mol. The van der Waals surface area contributed by atoms with E-state index in [4.69, 9.17) is 23.7 Å². The van der Waals surface area contributed by atoms with E-state index in [9.17, 15) is 14.4 Å². The van der Waals surface area contributed by atoms with Crippen molar-refractivity contribution in [1.82, 2.24) is 5.32 Å². The van der Waals surface area contributed by atoms with Gasteiger partial charge in [0.2, 0.25) is 0 Å². The number of amides is 1. The normalized spacial score (nSPS) is 12.4. The van der Waals surface area contributed by atoms with Gasteiger partial charge in [0.1, 0.15) is 17.4 Å². The van der Waals surface area contributed by atoms with E-state index in [0.29, 0.717) is 17.9 Å². The lowest BCUT2D eigenvalue weighted by molar-refractivity contribution is -0.147. The highest BCUT2D eigenvalue weighted by molar-refractivity contribution is 5.95. The highest BCUT2D eigenvalue weighted by Gasteiger charge is 2.27. The van der Waals surface area contributed by atoms with Crippen LogP contribution in [0.25, 0.3) is 0 Å². The summed E-state index contributed by atoms with van der Waals surface area (Å²) in [5.41, 5.74) is 0.0689. The van der Waals surface area contributed by atoms with E-state index < -0.39 is 30.5 Å². The molecule has 0 aliphatic heterocycles. The molecule has 1 aromatic carbocycles. The molecule has 9 nitrogen and oxygen atoms in total. The number of carbonyl (C=O) groups excluding carboxylic acids is 3. The molecule has 1 aromatic rings. The Balaban J connectivity index is 2.85. The molecule has 1 rings (SSSR count). The number of methoxy groups -OCH3 is 4. The molecular weight excluding hydrogens is 370 g/mol. The fourth-order valence-corrected chi connectivity index (χ4v) is 2.41. The van der Waals surface area contributed by atoms with Gasteiger partial charge in [0.05, 0.1) is 28.4 Å². The summed E-state index contributed by atoms with van der Waals surface area (Å²) in [4.78, 5) is 36.4. The molecule has 2 atom stereocenters. The second kappa shape index (κ2) is 11.0. The van der Waals surface area contributed by atoms with Gasteiger partial charge in [-0.05, 0) is 5.92 Å². The molecule has 0 aliphatic rings. The maximum absolute atomic E-state index is 12.4. The van der Waals surface area contributed by atoms with E-state index >= 15 is 0 Å². The summed E-state index contributed by atoms with van der Waals surface area (Å²) in [6.07, 6.45) is 0.655. The number of rotatable bonds is 10. The van der Waals surface area contributed by atoms with Gasteiger partial charge in [0.15, 0.2) is 18.1 Å². The van der Waals surface area contributed by atoms with Crippen LogP contribution in [-0.4, -0.2) is 58.9 Å². The Kier molecular flexibility index (Phi) is 9.07. The molecule has 0 spiro atoms. The fraction of sp³-hybridized carbons (Fsp3) is 0.526. The summed E-state index contributed by atoms with van der Waals surface area (Å²) in [5, 5.41) is 2.53. The van der Waals surface area contributed by atoms with Gasteiger partial charge in [-0.3, -0.25) is 4.79 Å². The highest BCUT2D eigenvalue weighted by atomic mass is 16.5. The van der Waals surface area contributed by atoms with E-state index in [1.165, 1.54) is 40.6 Å². The third-order valence-corrected chi connectivity index (χ3v) is 4.24. The number of esters is 2. The Hall–Kier alpha value is -2.97. The van der Waals surface area contributed by atoms with E-state index in [-0.39, 0.29) is 17.2 Å². The first-order valence-electron chi connectivity index (χ1n) is 8.67. The fourth-order valence-electron chi connectivity index (χ4n) is 2.41. The first-order valence-corrected chi connectivity index (χ1v) is 8.67. The number of carbonyl (C=O) groups is 3. The molecule has 1 amide bonds. The molecule has 0 heterocycles. The number of benzene rings is 1. The smallest absolute Gasteiger partial charge is 0.342 e. The predicted molar refractivity (Wildman–Crippen MR) is 99.8 cm³/mol. The standard InChI is InChI=1S/C19H27NO8/c1-7-11(2)17(19(23)27-6)20-16(21)10-28-18(22)12-8-14(25-4)15(26-5)9-13(12)24-3/h8-9,11,17H,7,10H2,1-6H3,(H,20,21)/t11-,17+/m1/s1. The number of ether oxygens (including phenoxy) is 5. The van der Waals surface area contributed by atoms with Crippen LogP contribution < -0.4 is 19.5 Å². The maximum Gasteiger partial charge on any atom is 0.342 e. The third kappa shape index (κ3) is 5.77. The number of hydrogen-bond acceptors (Lipinski definition) is 8. The summed E-state index contributed by atoms with van der Waals surface area (Å²) in [7, 11) is 5.51. The van der Waals surface area contributed by atoms with Crippen molar-refractivity contribution in [2.75, 3.05) is 35.0 Å². The van der Waals surface area contributed by atoms with Crippen molar-refractivity contribution < 1.29 is 38.1 Å². The Morgan fingerprint density at radius 2 is 1.54 bits per heavy atom. The van der Waals surface area contributed by atoms with Crippen LogP contribution in [0.5, 0.6) is 17.2 Å². The van der Waals surface area contributed by atoms with Gasteiger partial charge in [0.25, 0.3) is 5.91 Å². The van der Waals surface area contributed by atoms with E-state index in [0.717, 1.165) is 0 Å². The summed E-state index contributed by atoms with van der Waals surface area (Å²) in [6.45, 7) is 3.12. The van der Waals surface area contributed by atoms with Crippen molar-refractivity contribution in [1.29, 1.82) is 0 Å². The molecule has 0 aliphatic carbocycles. The molecule has 0 radical (unpaired) electrons. The molecular formula is C19H27NO8. The molecule has 156 valence electrons. The quantitative estimate of drug-likeness (QED) is 0.593. The summed E-state index contributed by atoms with van der Waals surface area (Å²) in [6, 6.07) is 2.05. The van der Waals surface area contributed by atoms with Crippen molar-refractivity contribution >= 4 is 17.8 Å². The zero-order valence-electron chi connectivity index (χ0n) is 17.0. The Labute approximate surface area is 164 Å². The van der Waals surface area contributed by atoms with Gasteiger partial charge < -0.3 is 29.0 Å². The zero-order valence-corrected chi connectivity index (χ0v) is 17.0. The monoisotopic (exact) mass is 397 g/mol. The lowest BCUT2D eigenvalue weighted by Crippen LogP contribution is -2.47. The molecule has 0 bridgehead atoms. The van der Waals surface area contributed by atoms with Gasteiger partial charge in [-0.1, -0.05) is 20.3 Å². The molecule has 0 saturated heterocycles. The Morgan fingerprint density at radius 1 is 0.964 bits per heavy atom. The summed E-state index contributed by atoms with van der Waals surface area (Å²) < 4.78 is 25.3. The minimum Gasteiger partial charge on any atom is -0.496 e. The Bertz CT molecular complexity index is 703. The second-order valence-electron chi connectivity index (χ2n) is 5.94. The van der Waals surface area contributed by atoms with Crippen molar-refractivity contribution in [3.8, 4) is 17.2 Å². The van der Waals surface area contributed by atoms with Crippen LogP contribution in [0, 0.1) is 5.92 Å². The van der Waals surface area contributed by atoms with Gasteiger partial charge in [-0.25, -0.2) is 9.59 Å². The maximum atomic E-state index is 12.4. The number of nitrogens with one attached hydrogen (secondary N) is 1. The van der Waals surface area contributed by atoms with Crippen LogP contribution in [0.1, 0.15) is 30.6 Å². The topological polar surface area (TPSA) is 109 Å². The first kappa shape index (κ1) is 23.1. The number of hydrogen-bond donors (Lipinski definition) is 1. The van der Waals surface area contributed by atoms with Crippen LogP contribution in [0.15, 0.2) is 12.1 Å². The molecule has 9 heteroatoms. The summed E-state index contributed by atoms with van der Waals surface area (Å²) in [5.74, 6) is -1.22. The van der Waals surface area contributed by atoms with Crippen molar-refractivity contribution in [2.24, 2.45) is 5.92 Å². The molecule has 1 N–H and O–H groups in total. The predicted octanol–water partition coefficient (Wildman–Crippen LogP) is 1.57. The molecule has 0 aromatic heterocycles. The molecule has 0 unspecified atom stereocenters. The van der Waals surface area contributed by atoms with Crippen molar-refractivity contribution in [3.05, 3.63) is 17.7 Å². The van der Waals surface area contributed by atoms with Crippen LogP contribution in [0.2, 0.25) is 0 Å². The van der Waals surface area contributed by atoms with E-state index in [1.807, 2.05) is 13.8 Å². The minimum absolute atomic E-state index is 0.0689. The van der Waals surface area contributed by atoms with Gasteiger partial charge in [0, 0.05) is 12.1 Å². The van der Waals surface area contributed by atoms with Crippen LogP contribution in [0.3, 0.4) is 0 Å². The average Bonchev–Trinajstić information content (AvgIpc) is 2.73. The van der Waals surface area contributed by atoms with Gasteiger partial charge in [-0.2, -0.15) is 0 Å². The largest absolute Gasteiger partial charge is 0.496 e. The van der Waals surface area contributed by atoms with Gasteiger partial charge in [-0.15, -0.1) is 0 Å². The SMILES string of the molecule is CC[C@@H](C)[C@H](NC(=O)COC(=O)c1cc(OC)c(OC)cc1OC)C(=O)OC. The summed E-state index contributed by atoms with van der Waals surface area (Å²) >= 11 is 0. The molecule has 0 saturated carbocycles. The van der Waals surface area contributed by atoms with Crippen molar-refractivity contribution in [2.45, 2.75) is 26.3 Å². The first-order chi connectivity index (χ1) is 13.3. The van der Waals surface area contributed by atoms with Crippen LogP contribution in [-0.2, 0) is 19.1 Å². The molecule has 28 heavy (non-hydrogen) atoms. The molecule has 0 fully saturated rings. The highest BCUT2D eigenvalue weighted by Crippen LogP contribution is 2.34. The van der Waals surface area contributed by atoms with E-state index in [2.05, 4.69) is 5.32 Å². The minimum atomic E-state index is -0.822.